The Morgan fingerprint density at radius 3 is 2.21 bits per heavy atom. The minimum atomic E-state index is -0.243. The molecule has 1 aliphatic rings. The Kier molecular flexibility index (Phi) is 7.07. The van der Waals surface area contributed by atoms with Crippen LogP contribution in [-0.2, 0) is 17.8 Å². The summed E-state index contributed by atoms with van der Waals surface area (Å²) in [5.41, 5.74) is 3.59. The van der Waals surface area contributed by atoms with Gasteiger partial charge in [-0.05, 0) is 36.8 Å². The molecule has 1 atom stereocenters. The summed E-state index contributed by atoms with van der Waals surface area (Å²) in [7, 11) is 0. The summed E-state index contributed by atoms with van der Waals surface area (Å²) in [5.74, 6) is 1.38. The highest BCUT2D eigenvalue weighted by Gasteiger charge is 2.28. The lowest BCUT2D eigenvalue weighted by Crippen LogP contribution is -2.42. The average Bonchev–Trinajstić information content (AvgIpc) is 2.85. The van der Waals surface area contributed by atoms with E-state index in [1.165, 1.54) is 0 Å². The van der Waals surface area contributed by atoms with Crippen molar-refractivity contribution in [2.45, 2.75) is 59.0 Å². The number of nitrogens with zero attached hydrogens (tertiary/aromatic N) is 3. The standard InChI is InChI=1S/C28H33N3O2/c1-4-20(2)15-16-26(32)30-18-17-24-25(19-30)29-21(3)31(28(24)33)27(22-11-7-5-8-12-22)23-13-9-6-10-14-23/h5-14,20,27H,4,15-19H2,1-3H3. The third kappa shape index (κ3) is 4.92. The van der Waals surface area contributed by atoms with Crippen LogP contribution in [0, 0.1) is 12.8 Å². The molecule has 0 bridgehead atoms. The maximum atomic E-state index is 13.8. The average molecular weight is 444 g/mol. The fourth-order valence-electron chi connectivity index (χ4n) is 4.63. The van der Waals surface area contributed by atoms with E-state index in [2.05, 4.69) is 38.1 Å². The molecule has 1 amide bonds. The van der Waals surface area contributed by atoms with Crippen molar-refractivity contribution < 1.29 is 4.79 Å². The van der Waals surface area contributed by atoms with Crippen molar-refractivity contribution in [2.24, 2.45) is 5.92 Å². The molecule has 1 aromatic heterocycles. The normalized spacial score (nSPS) is 14.2. The lowest BCUT2D eigenvalue weighted by Gasteiger charge is -2.30. The topological polar surface area (TPSA) is 55.2 Å². The van der Waals surface area contributed by atoms with Gasteiger partial charge in [0.25, 0.3) is 5.56 Å². The number of fused-ring (bicyclic) bond motifs is 1. The smallest absolute Gasteiger partial charge is 0.257 e. The number of aryl methyl sites for hydroxylation is 1. The minimum absolute atomic E-state index is 0.00177. The van der Waals surface area contributed by atoms with Crippen LogP contribution in [0.1, 0.15) is 67.4 Å². The van der Waals surface area contributed by atoms with Gasteiger partial charge in [-0.2, -0.15) is 0 Å². The van der Waals surface area contributed by atoms with Crippen LogP contribution >= 0.6 is 0 Å². The Labute approximate surface area is 196 Å². The highest BCUT2D eigenvalue weighted by Crippen LogP contribution is 2.27. The molecule has 0 aliphatic carbocycles. The van der Waals surface area contributed by atoms with Gasteiger partial charge in [-0.1, -0.05) is 80.9 Å². The molecule has 172 valence electrons. The summed E-state index contributed by atoms with van der Waals surface area (Å²) in [6, 6.07) is 20.0. The van der Waals surface area contributed by atoms with Crippen LogP contribution < -0.4 is 5.56 Å². The maximum Gasteiger partial charge on any atom is 0.257 e. The first-order chi connectivity index (χ1) is 16.0. The summed E-state index contributed by atoms with van der Waals surface area (Å²) < 4.78 is 1.82. The van der Waals surface area contributed by atoms with Crippen LogP contribution in [0.5, 0.6) is 0 Å². The van der Waals surface area contributed by atoms with Gasteiger partial charge in [0.05, 0.1) is 18.3 Å². The van der Waals surface area contributed by atoms with Crippen LogP contribution in [0.2, 0.25) is 0 Å². The van der Waals surface area contributed by atoms with Crippen LogP contribution in [0.15, 0.2) is 65.5 Å². The number of carbonyl (C=O) groups is 1. The van der Waals surface area contributed by atoms with Crippen molar-refractivity contribution >= 4 is 5.91 Å². The van der Waals surface area contributed by atoms with Crippen molar-refractivity contribution in [1.82, 2.24) is 14.5 Å². The SMILES string of the molecule is CCC(C)CCC(=O)N1CCc2c(nc(C)n(C(c3ccccc3)c3ccccc3)c2=O)C1. The number of aromatic nitrogens is 2. The second-order valence-corrected chi connectivity index (χ2v) is 9.10. The van der Waals surface area contributed by atoms with E-state index in [1.54, 1.807) is 0 Å². The first kappa shape index (κ1) is 23.0. The summed E-state index contributed by atoms with van der Waals surface area (Å²) in [6.45, 7) is 7.23. The Balaban J connectivity index is 1.68. The van der Waals surface area contributed by atoms with E-state index in [9.17, 15) is 9.59 Å². The van der Waals surface area contributed by atoms with Gasteiger partial charge in [0.1, 0.15) is 5.82 Å². The zero-order valence-corrected chi connectivity index (χ0v) is 19.8. The zero-order valence-electron chi connectivity index (χ0n) is 19.8. The fourth-order valence-corrected chi connectivity index (χ4v) is 4.63. The van der Waals surface area contributed by atoms with E-state index in [0.717, 1.165) is 35.2 Å². The van der Waals surface area contributed by atoms with Crippen LogP contribution in [0.3, 0.4) is 0 Å². The van der Waals surface area contributed by atoms with Crippen LogP contribution in [0.4, 0.5) is 0 Å². The van der Waals surface area contributed by atoms with Gasteiger partial charge < -0.3 is 4.90 Å². The number of rotatable bonds is 7. The van der Waals surface area contributed by atoms with Gasteiger partial charge in [-0.25, -0.2) is 4.98 Å². The molecule has 3 aromatic rings. The Morgan fingerprint density at radius 2 is 1.64 bits per heavy atom. The third-order valence-electron chi connectivity index (χ3n) is 6.83. The van der Waals surface area contributed by atoms with Crippen molar-refractivity contribution in [1.29, 1.82) is 0 Å². The predicted molar refractivity (Wildman–Crippen MR) is 131 cm³/mol. The van der Waals surface area contributed by atoms with Crippen molar-refractivity contribution in [3.63, 3.8) is 0 Å². The predicted octanol–water partition coefficient (Wildman–Crippen LogP) is 4.90. The molecule has 2 aromatic carbocycles. The number of benzene rings is 2. The van der Waals surface area contributed by atoms with E-state index in [1.807, 2.05) is 52.8 Å². The first-order valence-corrected chi connectivity index (χ1v) is 12.0. The third-order valence-corrected chi connectivity index (χ3v) is 6.83. The quantitative estimate of drug-likeness (QED) is 0.522. The largest absolute Gasteiger partial charge is 0.336 e. The van der Waals surface area contributed by atoms with Crippen LogP contribution in [-0.4, -0.2) is 26.9 Å². The summed E-state index contributed by atoms with van der Waals surface area (Å²) in [4.78, 5) is 33.3. The Morgan fingerprint density at radius 1 is 1.03 bits per heavy atom. The number of hydrogen-bond acceptors (Lipinski definition) is 3. The Hall–Kier alpha value is -3.21. The molecule has 0 saturated carbocycles. The van der Waals surface area contributed by atoms with E-state index in [0.29, 0.717) is 37.7 Å². The van der Waals surface area contributed by atoms with Gasteiger partial charge in [-0.3, -0.25) is 14.2 Å². The molecular weight excluding hydrogens is 410 g/mol. The molecule has 33 heavy (non-hydrogen) atoms. The highest BCUT2D eigenvalue weighted by atomic mass is 16.2. The molecule has 0 radical (unpaired) electrons. The van der Waals surface area contributed by atoms with Gasteiger partial charge in [-0.15, -0.1) is 0 Å². The van der Waals surface area contributed by atoms with Gasteiger partial charge in [0.2, 0.25) is 5.91 Å². The highest BCUT2D eigenvalue weighted by molar-refractivity contribution is 5.76. The second kappa shape index (κ2) is 10.2. The number of carbonyl (C=O) groups excluding carboxylic acids is 1. The summed E-state index contributed by atoms with van der Waals surface area (Å²) >= 11 is 0. The molecule has 0 spiro atoms. The molecule has 4 rings (SSSR count). The number of amides is 1. The van der Waals surface area contributed by atoms with Crippen LogP contribution in [0.25, 0.3) is 0 Å². The van der Waals surface area contributed by atoms with Crippen molar-refractivity contribution in [2.75, 3.05) is 6.54 Å². The van der Waals surface area contributed by atoms with E-state index < -0.39 is 0 Å². The Bertz CT molecular complexity index is 1120. The molecule has 2 heterocycles. The lowest BCUT2D eigenvalue weighted by atomic mass is 9.97. The van der Waals surface area contributed by atoms with Gasteiger partial charge in [0.15, 0.2) is 0 Å². The van der Waals surface area contributed by atoms with E-state index >= 15 is 0 Å². The molecule has 0 N–H and O–H groups in total. The molecule has 0 fully saturated rings. The van der Waals surface area contributed by atoms with Gasteiger partial charge >= 0.3 is 0 Å². The maximum absolute atomic E-state index is 13.8. The minimum Gasteiger partial charge on any atom is -0.336 e. The second-order valence-electron chi connectivity index (χ2n) is 9.10. The van der Waals surface area contributed by atoms with Crippen molar-refractivity contribution in [3.05, 3.63) is 99.2 Å². The molecule has 0 saturated heterocycles. The molecule has 5 nitrogen and oxygen atoms in total. The van der Waals surface area contributed by atoms with E-state index in [-0.39, 0.29) is 17.5 Å². The molecular formula is C28H33N3O2. The first-order valence-electron chi connectivity index (χ1n) is 12.0. The lowest BCUT2D eigenvalue weighted by molar-refractivity contribution is -0.132. The van der Waals surface area contributed by atoms with E-state index in [4.69, 9.17) is 4.98 Å². The fraction of sp³-hybridized carbons (Fsp3) is 0.393. The number of hydrogen-bond donors (Lipinski definition) is 0. The molecule has 1 aliphatic heterocycles. The zero-order chi connectivity index (χ0) is 23.4. The summed E-state index contributed by atoms with van der Waals surface area (Å²) in [5, 5.41) is 0. The summed E-state index contributed by atoms with van der Waals surface area (Å²) in [6.07, 6.45) is 3.10. The molecule has 1 unspecified atom stereocenters. The monoisotopic (exact) mass is 443 g/mol. The van der Waals surface area contributed by atoms with Gasteiger partial charge in [0, 0.05) is 18.5 Å². The van der Waals surface area contributed by atoms with Crippen molar-refractivity contribution in [3.8, 4) is 0 Å². The molecule has 5 heteroatoms.